The molecular formula is C14H8Cl2F2O2. The van der Waals surface area contributed by atoms with Crippen LogP contribution in [0.4, 0.5) is 8.78 Å². The molecule has 0 aliphatic rings. The molecule has 0 amide bonds. The third-order valence-electron chi connectivity index (χ3n) is 2.68. The molecule has 104 valence electrons. The van der Waals surface area contributed by atoms with Crippen LogP contribution in [0.15, 0.2) is 30.3 Å². The van der Waals surface area contributed by atoms with E-state index in [4.69, 9.17) is 23.2 Å². The molecule has 0 aliphatic heterocycles. The summed E-state index contributed by atoms with van der Waals surface area (Å²) >= 11 is 11.6. The van der Waals surface area contributed by atoms with Crippen LogP contribution >= 0.6 is 23.2 Å². The molecule has 0 unspecified atom stereocenters. The lowest BCUT2D eigenvalue weighted by atomic mass is 10.0. The number of hydrogen-bond donors (Lipinski definition) is 0. The standard InChI is InChI=1S/C14H8Cl2F2O2/c1-20-14(19)13-11(17)5-8(6-12(13)18)7-2-3-9(15)10(16)4-7/h2-6H,1H3. The van der Waals surface area contributed by atoms with Gasteiger partial charge in [0, 0.05) is 0 Å². The van der Waals surface area contributed by atoms with Gasteiger partial charge in [-0.25, -0.2) is 13.6 Å². The van der Waals surface area contributed by atoms with Crippen molar-refractivity contribution in [3.05, 3.63) is 57.6 Å². The van der Waals surface area contributed by atoms with Crippen molar-refractivity contribution >= 4 is 29.2 Å². The maximum absolute atomic E-state index is 13.8. The first-order valence-corrected chi connectivity index (χ1v) is 6.22. The number of esters is 1. The van der Waals surface area contributed by atoms with Gasteiger partial charge in [0.25, 0.3) is 0 Å². The van der Waals surface area contributed by atoms with Gasteiger partial charge in [0.1, 0.15) is 17.2 Å². The van der Waals surface area contributed by atoms with Gasteiger partial charge in [-0.2, -0.15) is 0 Å². The summed E-state index contributed by atoms with van der Waals surface area (Å²) in [5.41, 5.74) is -0.00357. The van der Waals surface area contributed by atoms with Gasteiger partial charge in [0.2, 0.25) is 0 Å². The second-order valence-electron chi connectivity index (χ2n) is 3.94. The Kier molecular flexibility index (Phi) is 4.26. The first-order chi connectivity index (χ1) is 9.43. The number of halogens is 4. The SMILES string of the molecule is COC(=O)c1c(F)cc(-c2ccc(Cl)c(Cl)c2)cc1F. The summed E-state index contributed by atoms with van der Waals surface area (Å²) in [7, 11) is 1.05. The summed E-state index contributed by atoms with van der Waals surface area (Å²) in [5.74, 6) is -3.07. The van der Waals surface area contributed by atoms with Gasteiger partial charge in [-0.05, 0) is 35.4 Å². The molecule has 0 N–H and O–H groups in total. The predicted molar refractivity (Wildman–Crippen MR) is 73.2 cm³/mol. The zero-order valence-corrected chi connectivity index (χ0v) is 11.7. The largest absolute Gasteiger partial charge is 0.465 e. The third kappa shape index (κ3) is 2.76. The molecule has 6 heteroatoms. The minimum absolute atomic E-state index is 0.242. The maximum Gasteiger partial charge on any atom is 0.343 e. The average Bonchev–Trinajstić information content (AvgIpc) is 2.40. The van der Waals surface area contributed by atoms with E-state index in [1.807, 2.05) is 0 Å². The first kappa shape index (κ1) is 14.8. The van der Waals surface area contributed by atoms with Gasteiger partial charge in [0.15, 0.2) is 0 Å². The summed E-state index contributed by atoms with van der Waals surface area (Å²) in [5, 5.41) is 0.601. The Hall–Kier alpha value is -1.65. The van der Waals surface area contributed by atoms with Crippen LogP contribution in [-0.2, 0) is 4.74 Å². The normalized spacial score (nSPS) is 10.4. The minimum Gasteiger partial charge on any atom is -0.465 e. The number of carbonyl (C=O) groups is 1. The molecule has 2 aromatic rings. The molecule has 0 saturated carbocycles. The van der Waals surface area contributed by atoms with E-state index in [1.165, 1.54) is 12.1 Å². The van der Waals surface area contributed by atoms with Crippen LogP contribution in [0.1, 0.15) is 10.4 Å². The molecule has 0 heterocycles. The second-order valence-corrected chi connectivity index (χ2v) is 4.75. The fourth-order valence-corrected chi connectivity index (χ4v) is 2.01. The van der Waals surface area contributed by atoms with Gasteiger partial charge in [-0.3, -0.25) is 0 Å². The van der Waals surface area contributed by atoms with E-state index in [-0.39, 0.29) is 10.6 Å². The van der Waals surface area contributed by atoms with E-state index in [0.29, 0.717) is 10.6 Å². The number of carbonyl (C=O) groups excluding carboxylic acids is 1. The van der Waals surface area contributed by atoms with Gasteiger partial charge >= 0.3 is 5.97 Å². The van der Waals surface area contributed by atoms with E-state index < -0.39 is 23.2 Å². The number of methoxy groups -OCH3 is 1. The Morgan fingerprint density at radius 3 is 2.10 bits per heavy atom. The van der Waals surface area contributed by atoms with Gasteiger partial charge in [-0.1, -0.05) is 29.3 Å². The Morgan fingerprint density at radius 1 is 1.00 bits per heavy atom. The fourth-order valence-electron chi connectivity index (χ4n) is 1.71. The highest BCUT2D eigenvalue weighted by molar-refractivity contribution is 6.42. The monoisotopic (exact) mass is 316 g/mol. The highest BCUT2D eigenvalue weighted by Crippen LogP contribution is 2.30. The third-order valence-corrected chi connectivity index (χ3v) is 3.42. The van der Waals surface area contributed by atoms with Crippen molar-refractivity contribution in [3.63, 3.8) is 0 Å². The van der Waals surface area contributed by atoms with E-state index in [0.717, 1.165) is 19.2 Å². The fraction of sp³-hybridized carbons (Fsp3) is 0.0714. The summed E-state index contributed by atoms with van der Waals surface area (Å²) in [6.45, 7) is 0. The van der Waals surface area contributed by atoms with Crippen LogP contribution in [0.3, 0.4) is 0 Å². The molecular weight excluding hydrogens is 309 g/mol. The average molecular weight is 317 g/mol. The van der Waals surface area contributed by atoms with E-state index in [2.05, 4.69) is 4.74 Å². The van der Waals surface area contributed by atoms with E-state index >= 15 is 0 Å². The van der Waals surface area contributed by atoms with Gasteiger partial charge in [0.05, 0.1) is 17.2 Å². The number of benzene rings is 2. The van der Waals surface area contributed by atoms with Crippen LogP contribution in [0.2, 0.25) is 10.0 Å². The Labute approximate surface area is 123 Å². The van der Waals surface area contributed by atoms with Crippen LogP contribution < -0.4 is 0 Å². The molecule has 0 atom stereocenters. The van der Waals surface area contributed by atoms with Crippen molar-refractivity contribution in [2.24, 2.45) is 0 Å². The molecule has 0 radical (unpaired) electrons. The molecule has 2 aromatic carbocycles. The smallest absolute Gasteiger partial charge is 0.343 e. The van der Waals surface area contributed by atoms with E-state index in [1.54, 1.807) is 6.07 Å². The van der Waals surface area contributed by atoms with Crippen molar-refractivity contribution in [2.45, 2.75) is 0 Å². The lowest BCUT2D eigenvalue weighted by Gasteiger charge is -2.08. The molecule has 0 aliphatic carbocycles. The van der Waals surface area contributed by atoms with Crippen molar-refractivity contribution in [2.75, 3.05) is 7.11 Å². The molecule has 0 fully saturated rings. The van der Waals surface area contributed by atoms with E-state index in [9.17, 15) is 13.6 Å². The number of rotatable bonds is 2. The molecule has 20 heavy (non-hydrogen) atoms. The number of hydrogen-bond acceptors (Lipinski definition) is 2. The first-order valence-electron chi connectivity index (χ1n) is 5.47. The van der Waals surface area contributed by atoms with Crippen molar-refractivity contribution in [3.8, 4) is 11.1 Å². The van der Waals surface area contributed by atoms with Crippen LogP contribution in [-0.4, -0.2) is 13.1 Å². The molecule has 0 aromatic heterocycles. The molecule has 0 saturated heterocycles. The minimum atomic E-state index is -1.07. The Balaban J connectivity index is 2.54. The summed E-state index contributed by atoms with van der Waals surface area (Å²) < 4.78 is 31.9. The highest BCUT2D eigenvalue weighted by atomic mass is 35.5. The Morgan fingerprint density at radius 2 is 1.60 bits per heavy atom. The summed E-state index contributed by atoms with van der Waals surface area (Å²) in [6, 6.07) is 6.64. The molecule has 2 nitrogen and oxygen atoms in total. The zero-order chi connectivity index (χ0) is 14.9. The van der Waals surface area contributed by atoms with Crippen molar-refractivity contribution in [1.29, 1.82) is 0 Å². The Bertz CT molecular complexity index is 664. The van der Waals surface area contributed by atoms with Crippen LogP contribution in [0, 0.1) is 11.6 Å². The lowest BCUT2D eigenvalue weighted by molar-refractivity contribution is 0.0590. The van der Waals surface area contributed by atoms with Crippen LogP contribution in [0.25, 0.3) is 11.1 Å². The predicted octanol–water partition coefficient (Wildman–Crippen LogP) is 4.73. The van der Waals surface area contributed by atoms with Crippen molar-refractivity contribution in [1.82, 2.24) is 0 Å². The molecule has 0 bridgehead atoms. The topological polar surface area (TPSA) is 26.3 Å². The zero-order valence-electron chi connectivity index (χ0n) is 10.2. The number of ether oxygens (including phenoxy) is 1. The highest BCUT2D eigenvalue weighted by Gasteiger charge is 2.19. The summed E-state index contributed by atoms with van der Waals surface area (Å²) in [4.78, 5) is 11.3. The van der Waals surface area contributed by atoms with Crippen molar-refractivity contribution < 1.29 is 18.3 Å². The van der Waals surface area contributed by atoms with Crippen LogP contribution in [0.5, 0.6) is 0 Å². The molecule has 2 rings (SSSR count). The lowest BCUT2D eigenvalue weighted by Crippen LogP contribution is -2.08. The maximum atomic E-state index is 13.8. The quantitative estimate of drug-likeness (QED) is 0.749. The molecule has 0 spiro atoms. The van der Waals surface area contributed by atoms with Gasteiger partial charge in [-0.15, -0.1) is 0 Å². The summed E-state index contributed by atoms with van der Waals surface area (Å²) in [6.07, 6.45) is 0. The van der Waals surface area contributed by atoms with Gasteiger partial charge < -0.3 is 4.74 Å². The second kappa shape index (κ2) is 5.77.